The molecule has 0 aromatic rings. The first kappa shape index (κ1) is 12.1. The second kappa shape index (κ2) is 3.86. The Hall–Kier alpha value is -0.0200. The average Bonchev–Trinajstić information content (AvgIpc) is 1.74. The lowest BCUT2D eigenvalue weighted by atomic mass is 9.81. The van der Waals surface area contributed by atoms with Crippen molar-refractivity contribution >= 4 is 8.25 Å². The third-order valence-corrected chi connectivity index (χ3v) is 2.87. The average molecular weight is 220 g/mol. The van der Waals surface area contributed by atoms with Gasteiger partial charge in [0.2, 0.25) is 0 Å². The van der Waals surface area contributed by atoms with Crippen LogP contribution in [0.25, 0.3) is 0 Å². The van der Waals surface area contributed by atoms with Gasteiger partial charge in [-0.15, -0.1) is 9.42 Å². The lowest BCUT2D eigenvalue weighted by Crippen LogP contribution is -2.59. The van der Waals surface area contributed by atoms with E-state index >= 15 is 0 Å². The molecule has 14 heavy (non-hydrogen) atoms. The summed E-state index contributed by atoms with van der Waals surface area (Å²) in [6.45, 7) is 8.31. The summed E-state index contributed by atoms with van der Waals surface area (Å²) in [6, 6.07) is 0. The second-order valence-corrected chi connectivity index (χ2v) is 5.95. The predicted octanol–water partition coefficient (Wildman–Crippen LogP) is 1.96. The Labute approximate surface area is 86.0 Å². The fourth-order valence-electron chi connectivity index (χ4n) is 2.43. The summed E-state index contributed by atoms with van der Waals surface area (Å²) in [5, 5.41) is 3.48. The lowest BCUT2D eigenvalue weighted by Gasteiger charge is -2.44. The summed E-state index contributed by atoms with van der Waals surface area (Å²) >= 11 is 0. The topological polar surface area (TPSA) is 58.6 Å². The molecule has 0 radical (unpaired) electrons. The molecule has 1 fully saturated rings. The highest BCUT2D eigenvalue weighted by atomic mass is 31.1. The molecule has 1 heterocycles. The van der Waals surface area contributed by atoms with Crippen LogP contribution >= 0.6 is 8.25 Å². The minimum Gasteiger partial charge on any atom is -0.307 e. The van der Waals surface area contributed by atoms with Gasteiger partial charge in [-0.1, -0.05) is 0 Å². The molecule has 0 spiro atoms. The summed E-state index contributed by atoms with van der Waals surface area (Å²) < 4.78 is 15.6. The molecule has 0 saturated carbocycles. The van der Waals surface area contributed by atoms with E-state index in [1.54, 1.807) is 0 Å². The van der Waals surface area contributed by atoms with Crippen molar-refractivity contribution in [3.8, 4) is 0 Å². The first-order valence-corrected chi connectivity index (χ1v) is 5.95. The van der Waals surface area contributed by atoms with E-state index in [-0.39, 0.29) is 17.2 Å². The van der Waals surface area contributed by atoms with E-state index in [2.05, 4.69) is 33.0 Å². The quantitative estimate of drug-likeness (QED) is 0.698. The van der Waals surface area contributed by atoms with E-state index in [0.717, 1.165) is 12.8 Å². The van der Waals surface area contributed by atoms with E-state index in [1.807, 2.05) is 0 Å². The fourth-order valence-corrected chi connectivity index (χ4v) is 2.83. The van der Waals surface area contributed by atoms with Gasteiger partial charge in [0.15, 0.2) is 0 Å². The highest BCUT2D eigenvalue weighted by Gasteiger charge is 2.41. The van der Waals surface area contributed by atoms with Crippen molar-refractivity contribution in [2.24, 2.45) is 0 Å². The number of rotatable bonds is 2. The van der Waals surface area contributed by atoms with Gasteiger partial charge in [0.05, 0.1) is 0 Å². The summed E-state index contributed by atoms with van der Waals surface area (Å²) in [6.07, 6.45) is 1.39. The molecule has 82 valence electrons. The van der Waals surface area contributed by atoms with Gasteiger partial charge in [0.25, 0.3) is 0 Å². The van der Waals surface area contributed by atoms with Crippen molar-refractivity contribution in [2.45, 2.75) is 57.7 Å². The number of hydrogen-bond acceptors (Lipinski definition) is 3. The van der Waals surface area contributed by atoms with Gasteiger partial charge in [-0.05, 0) is 40.5 Å². The zero-order valence-corrected chi connectivity index (χ0v) is 10.1. The summed E-state index contributed by atoms with van der Waals surface area (Å²) in [5.41, 5.74) is -0.0878. The Morgan fingerprint density at radius 1 is 1.29 bits per heavy atom. The van der Waals surface area contributed by atoms with E-state index in [4.69, 9.17) is 9.42 Å². The Morgan fingerprint density at radius 3 is 2.07 bits per heavy atom. The Balaban J connectivity index is 2.66. The lowest BCUT2D eigenvalue weighted by molar-refractivity contribution is 0.0541. The van der Waals surface area contributed by atoms with Crippen LogP contribution in [0.5, 0.6) is 0 Å². The zero-order valence-electron chi connectivity index (χ0n) is 9.20. The molecule has 1 aliphatic heterocycles. The fraction of sp³-hybridized carbons (Fsp3) is 1.00. The molecule has 1 aliphatic rings. The van der Waals surface area contributed by atoms with Gasteiger partial charge in [0.1, 0.15) is 6.10 Å². The van der Waals surface area contributed by atoms with E-state index in [1.165, 1.54) is 0 Å². The van der Waals surface area contributed by atoms with Gasteiger partial charge < -0.3 is 5.32 Å². The van der Waals surface area contributed by atoms with Crippen LogP contribution in [0.4, 0.5) is 0 Å². The standard InChI is InChI=1S/C9H18NO3P/c1-8(2)5-7(13-14(11)12)6-9(3,4)10-8/h7,10H,5-6H2,1-4H3/p+1. The second-order valence-electron chi connectivity index (χ2n) is 5.27. The van der Waals surface area contributed by atoms with E-state index in [0.29, 0.717) is 0 Å². The van der Waals surface area contributed by atoms with Crippen LogP contribution in [-0.2, 0) is 9.09 Å². The van der Waals surface area contributed by atoms with Crippen molar-refractivity contribution in [2.75, 3.05) is 0 Å². The third kappa shape index (κ3) is 3.62. The van der Waals surface area contributed by atoms with Gasteiger partial charge in [0, 0.05) is 15.6 Å². The molecule has 5 heteroatoms. The molecule has 0 aromatic heterocycles. The molecule has 1 unspecified atom stereocenters. The molecule has 0 bridgehead atoms. The summed E-state index contributed by atoms with van der Waals surface area (Å²) in [7, 11) is -2.48. The molecular formula is C9H19NO3P+. The minimum atomic E-state index is -2.48. The highest BCUT2D eigenvalue weighted by Crippen LogP contribution is 2.34. The van der Waals surface area contributed by atoms with Crippen LogP contribution in [0.15, 0.2) is 0 Å². The molecular weight excluding hydrogens is 201 g/mol. The first-order valence-electron chi connectivity index (χ1n) is 4.82. The summed E-state index contributed by atoms with van der Waals surface area (Å²) in [4.78, 5) is 8.71. The summed E-state index contributed by atoms with van der Waals surface area (Å²) in [5.74, 6) is 0. The normalized spacial score (nSPS) is 27.4. The van der Waals surface area contributed by atoms with Crippen LogP contribution in [0.3, 0.4) is 0 Å². The smallest absolute Gasteiger partial charge is 0.307 e. The molecule has 0 aromatic carbocycles. The van der Waals surface area contributed by atoms with E-state index in [9.17, 15) is 4.57 Å². The predicted molar refractivity (Wildman–Crippen MR) is 55.2 cm³/mol. The maximum Gasteiger partial charge on any atom is 0.694 e. The van der Waals surface area contributed by atoms with Crippen LogP contribution in [0.2, 0.25) is 0 Å². The van der Waals surface area contributed by atoms with Crippen LogP contribution in [0.1, 0.15) is 40.5 Å². The minimum absolute atomic E-state index is 0.0439. The molecule has 1 atom stereocenters. The van der Waals surface area contributed by atoms with Crippen LogP contribution in [-0.4, -0.2) is 22.1 Å². The molecule has 0 amide bonds. The SMILES string of the molecule is CC1(C)CC(O[P+](=O)O)CC(C)(C)N1. The largest absolute Gasteiger partial charge is 0.694 e. The van der Waals surface area contributed by atoms with Gasteiger partial charge >= 0.3 is 8.25 Å². The first-order chi connectivity index (χ1) is 6.20. The Kier molecular flexibility index (Phi) is 3.32. The zero-order chi connectivity index (χ0) is 11.0. The monoisotopic (exact) mass is 220 g/mol. The van der Waals surface area contributed by atoms with Gasteiger partial charge in [-0.3, -0.25) is 0 Å². The van der Waals surface area contributed by atoms with Gasteiger partial charge in [-0.2, -0.15) is 0 Å². The molecule has 4 nitrogen and oxygen atoms in total. The highest BCUT2D eigenvalue weighted by molar-refractivity contribution is 7.32. The molecule has 2 N–H and O–H groups in total. The maximum atomic E-state index is 10.6. The van der Waals surface area contributed by atoms with Crippen LogP contribution in [0, 0.1) is 0 Å². The van der Waals surface area contributed by atoms with Crippen LogP contribution < -0.4 is 5.32 Å². The maximum absolute atomic E-state index is 10.6. The number of piperidine rings is 1. The third-order valence-electron chi connectivity index (χ3n) is 2.39. The van der Waals surface area contributed by atoms with Crippen molar-refractivity contribution in [1.82, 2.24) is 5.32 Å². The van der Waals surface area contributed by atoms with Crippen molar-refractivity contribution in [3.05, 3.63) is 0 Å². The van der Waals surface area contributed by atoms with E-state index < -0.39 is 8.25 Å². The van der Waals surface area contributed by atoms with Crippen molar-refractivity contribution < 1.29 is 14.0 Å². The Morgan fingerprint density at radius 2 is 1.71 bits per heavy atom. The molecule has 1 saturated heterocycles. The number of hydrogen-bond donors (Lipinski definition) is 2. The van der Waals surface area contributed by atoms with Gasteiger partial charge in [-0.25, -0.2) is 0 Å². The van der Waals surface area contributed by atoms with Crippen molar-refractivity contribution in [3.63, 3.8) is 0 Å². The Bertz CT molecular complexity index is 224. The number of nitrogens with one attached hydrogen (secondary N) is 1. The molecule has 1 rings (SSSR count). The van der Waals surface area contributed by atoms with Crippen molar-refractivity contribution in [1.29, 1.82) is 0 Å². The molecule has 0 aliphatic carbocycles.